The standard InChI is InChI=1S/C43H51N7O6S/c44-19-6-5-15-34(45)39(51)47-37(25-31-12-8-22-57-31)41(53)48-36(24-30-26-46-35-16-4-3-14-33(30)35)40(52)49-38(42(54)50-20-17-28(18-21-50)43(55)56)23-29-11-7-10-27-9-1-2-13-32(27)29/h1-4,7-14,16,22,26,28,34,36-38,46H,5-6,15,17-21,23-25,44-45H2,(H,47,51)(H,48,53)(H,49,52)(H,55,56)/t34-,36+,37-,38+/m0/s1. The van der Waals surface area contributed by atoms with Crippen molar-refractivity contribution in [3.05, 3.63) is 106 Å². The van der Waals surface area contributed by atoms with Crippen LogP contribution in [0.4, 0.5) is 0 Å². The minimum atomic E-state index is -1.15. The quantitative estimate of drug-likeness (QED) is 0.0650. The predicted octanol–water partition coefficient (Wildman–Crippen LogP) is 3.64. The van der Waals surface area contributed by atoms with Crippen LogP contribution in [0, 0.1) is 5.92 Å². The highest BCUT2D eigenvalue weighted by atomic mass is 32.1. The summed E-state index contributed by atoms with van der Waals surface area (Å²) in [5.41, 5.74) is 14.3. The number of piperidine rings is 1. The summed E-state index contributed by atoms with van der Waals surface area (Å²) in [5, 5.41) is 23.1. The summed E-state index contributed by atoms with van der Waals surface area (Å²) in [6.07, 6.45) is 4.63. The number of para-hydroxylation sites is 1. The maximum Gasteiger partial charge on any atom is 0.306 e. The Morgan fingerprint density at radius 1 is 0.754 bits per heavy atom. The SMILES string of the molecule is NCCCC[C@H](N)C(=O)N[C@@H](Cc1cccs1)C(=O)N[C@H](Cc1c[nH]c2ccccc12)C(=O)N[C@H](Cc1cccc2ccccc12)C(=O)N1CCC(C(=O)O)CC1. The number of nitrogens with two attached hydrogens (primary N) is 2. The molecule has 4 amide bonds. The summed E-state index contributed by atoms with van der Waals surface area (Å²) in [6, 6.07) is 20.9. The normalized spacial score (nSPS) is 15.4. The molecule has 2 aromatic heterocycles. The molecule has 1 saturated heterocycles. The molecule has 0 radical (unpaired) electrons. The summed E-state index contributed by atoms with van der Waals surface area (Å²) in [6.45, 7) is 0.965. The number of nitrogens with one attached hydrogen (secondary N) is 4. The molecule has 5 aromatic rings. The number of H-pyrrole nitrogens is 1. The summed E-state index contributed by atoms with van der Waals surface area (Å²) in [7, 11) is 0. The minimum absolute atomic E-state index is 0.0824. The lowest BCUT2D eigenvalue weighted by molar-refractivity contribution is -0.146. The molecule has 0 aliphatic carbocycles. The van der Waals surface area contributed by atoms with Crippen LogP contribution in [0.25, 0.3) is 21.7 Å². The third-order valence-corrected chi connectivity index (χ3v) is 11.6. The van der Waals surface area contributed by atoms with Gasteiger partial charge in [-0.25, -0.2) is 0 Å². The van der Waals surface area contributed by atoms with Gasteiger partial charge in [-0.15, -0.1) is 11.3 Å². The van der Waals surface area contributed by atoms with Crippen LogP contribution in [0.2, 0.25) is 0 Å². The summed E-state index contributed by atoms with van der Waals surface area (Å²) in [4.78, 5) is 74.0. The molecule has 300 valence electrons. The molecule has 3 heterocycles. The zero-order chi connectivity index (χ0) is 40.3. The molecule has 1 fully saturated rings. The lowest BCUT2D eigenvalue weighted by Gasteiger charge is -2.34. The van der Waals surface area contributed by atoms with E-state index in [-0.39, 0.29) is 38.3 Å². The summed E-state index contributed by atoms with van der Waals surface area (Å²) in [5.74, 6) is -3.39. The van der Waals surface area contributed by atoms with Crippen molar-refractivity contribution >= 4 is 62.6 Å². The van der Waals surface area contributed by atoms with Crippen molar-refractivity contribution in [2.45, 2.75) is 75.5 Å². The fourth-order valence-corrected chi connectivity index (χ4v) is 8.24. The van der Waals surface area contributed by atoms with E-state index >= 15 is 0 Å². The topological polar surface area (TPSA) is 213 Å². The summed E-state index contributed by atoms with van der Waals surface area (Å²) < 4.78 is 0. The number of aromatic nitrogens is 1. The Bertz CT molecular complexity index is 2160. The van der Waals surface area contributed by atoms with Gasteiger partial charge in [0.25, 0.3) is 0 Å². The van der Waals surface area contributed by atoms with Gasteiger partial charge >= 0.3 is 5.97 Å². The fraction of sp³-hybridized carbons (Fsp3) is 0.372. The lowest BCUT2D eigenvalue weighted by atomic mass is 9.94. The average Bonchev–Trinajstić information content (AvgIpc) is 3.90. The number of benzene rings is 3. The number of amides is 4. The van der Waals surface area contributed by atoms with Gasteiger partial charge in [0.1, 0.15) is 18.1 Å². The second kappa shape index (κ2) is 19.5. The van der Waals surface area contributed by atoms with Crippen LogP contribution in [-0.2, 0) is 43.2 Å². The number of hydrogen-bond donors (Lipinski definition) is 7. The van der Waals surface area contributed by atoms with Gasteiger partial charge in [0.05, 0.1) is 12.0 Å². The number of unbranched alkanes of at least 4 members (excludes halogenated alkanes) is 1. The number of carboxylic acid groups (broad SMARTS) is 1. The average molecular weight is 794 g/mol. The van der Waals surface area contributed by atoms with Gasteiger partial charge in [0, 0.05) is 54.3 Å². The molecule has 1 aliphatic rings. The van der Waals surface area contributed by atoms with Crippen LogP contribution >= 0.6 is 11.3 Å². The maximum atomic E-state index is 14.7. The van der Waals surface area contributed by atoms with Crippen molar-refractivity contribution in [2.24, 2.45) is 17.4 Å². The van der Waals surface area contributed by atoms with E-state index in [2.05, 4.69) is 20.9 Å². The van der Waals surface area contributed by atoms with Crippen LogP contribution in [0.3, 0.4) is 0 Å². The number of aromatic amines is 1. The Labute approximate surface area is 335 Å². The van der Waals surface area contributed by atoms with Crippen LogP contribution in [-0.4, -0.2) is 88.4 Å². The van der Waals surface area contributed by atoms with Crippen molar-refractivity contribution in [3.63, 3.8) is 0 Å². The predicted molar refractivity (Wildman–Crippen MR) is 221 cm³/mol. The van der Waals surface area contributed by atoms with Gasteiger partial charge in [-0.05, 0) is 71.6 Å². The van der Waals surface area contributed by atoms with E-state index in [1.807, 2.05) is 84.2 Å². The minimum Gasteiger partial charge on any atom is -0.481 e. The Hall–Kier alpha value is -5.57. The number of carbonyl (C=O) groups is 5. The van der Waals surface area contributed by atoms with Gasteiger partial charge < -0.3 is 42.4 Å². The van der Waals surface area contributed by atoms with Gasteiger partial charge in [0.2, 0.25) is 23.6 Å². The number of fused-ring (bicyclic) bond motifs is 2. The maximum absolute atomic E-state index is 14.7. The monoisotopic (exact) mass is 793 g/mol. The molecule has 4 atom stereocenters. The van der Waals surface area contributed by atoms with Crippen LogP contribution in [0.15, 0.2) is 90.4 Å². The van der Waals surface area contributed by atoms with Crippen LogP contribution in [0.5, 0.6) is 0 Å². The van der Waals surface area contributed by atoms with E-state index in [0.717, 1.165) is 44.1 Å². The molecule has 57 heavy (non-hydrogen) atoms. The molecule has 1 aliphatic heterocycles. The first-order chi connectivity index (χ1) is 27.6. The van der Waals surface area contributed by atoms with Gasteiger partial charge in [-0.2, -0.15) is 0 Å². The molecule has 3 aromatic carbocycles. The van der Waals surface area contributed by atoms with Crippen molar-refractivity contribution in [1.82, 2.24) is 25.8 Å². The third-order valence-electron chi connectivity index (χ3n) is 10.7. The van der Waals surface area contributed by atoms with Gasteiger partial charge in [0.15, 0.2) is 0 Å². The molecular formula is C43H51N7O6S. The van der Waals surface area contributed by atoms with Crippen LogP contribution < -0.4 is 27.4 Å². The molecule has 14 heteroatoms. The number of likely N-dealkylation sites (tertiary alicyclic amines) is 1. The van der Waals surface area contributed by atoms with E-state index < -0.39 is 53.8 Å². The van der Waals surface area contributed by atoms with E-state index in [1.54, 1.807) is 11.1 Å². The molecule has 6 rings (SSSR count). The smallest absolute Gasteiger partial charge is 0.306 e. The van der Waals surface area contributed by atoms with Crippen molar-refractivity contribution in [3.8, 4) is 0 Å². The molecule has 13 nitrogen and oxygen atoms in total. The first kappa shape index (κ1) is 41.1. The molecule has 9 N–H and O–H groups in total. The van der Waals surface area contributed by atoms with E-state index in [1.165, 1.54) is 11.3 Å². The highest BCUT2D eigenvalue weighted by Gasteiger charge is 2.35. The first-order valence-electron chi connectivity index (χ1n) is 19.5. The number of hydrogen-bond acceptors (Lipinski definition) is 8. The zero-order valence-electron chi connectivity index (χ0n) is 31.8. The molecule has 0 saturated carbocycles. The Balaban J connectivity index is 1.29. The number of thiophene rings is 1. The number of rotatable bonds is 18. The zero-order valence-corrected chi connectivity index (χ0v) is 32.6. The number of carbonyl (C=O) groups excluding carboxylic acids is 4. The second-order valence-electron chi connectivity index (χ2n) is 14.7. The Morgan fingerprint density at radius 2 is 1.40 bits per heavy atom. The Morgan fingerprint density at radius 3 is 2.12 bits per heavy atom. The molecule has 0 unspecified atom stereocenters. The van der Waals surface area contributed by atoms with Crippen molar-refractivity contribution < 1.29 is 29.1 Å². The number of carboxylic acids is 1. The highest BCUT2D eigenvalue weighted by molar-refractivity contribution is 7.09. The third kappa shape index (κ3) is 10.6. The van der Waals surface area contributed by atoms with Crippen molar-refractivity contribution in [1.29, 1.82) is 0 Å². The highest BCUT2D eigenvalue weighted by Crippen LogP contribution is 2.24. The first-order valence-corrected chi connectivity index (χ1v) is 20.4. The summed E-state index contributed by atoms with van der Waals surface area (Å²) >= 11 is 1.45. The molecular weight excluding hydrogens is 743 g/mol. The van der Waals surface area contributed by atoms with Gasteiger partial charge in [-0.1, -0.05) is 73.2 Å². The lowest BCUT2D eigenvalue weighted by Crippen LogP contribution is -2.59. The van der Waals surface area contributed by atoms with E-state index in [0.29, 0.717) is 32.2 Å². The second-order valence-corrected chi connectivity index (χ2v) is 15.7. The number of aliphatic carboxylic acids is 1. The van der Waals surface area contributed by atoms with Crippen molar-refractivity contribution in [2.75, 3.05) is 19.6 Å². The molecule has 0 spiro atoms. The van der Waals surface area contributed by atoms with Gasteiger partial charge in [-0.3, -0.25) is 24.0 Å². The van der Waals surface area contributed by atoms with E-state index in [9.17, 15) is 29.1 Å². The van der Waals surface area contributed by atoms with E-state index in [4.69, 9.17) is 11.5 Å². The fourth-order valence-electron chi connectivity index (χ4n) is 7.49. The Kier molecular flexibility index (Phi) is 14.1. The molecule has 0 bridgehead atoms. The number of nitrogens with zero attached hydrogens (tertiary/aromatic N) is 1. The largest absolute Gasteiger partial charge is 0.481 e. The van der Waals surface area contributed by atoms with Crippen LogP contribution in [0.1, 0.15) is 48.1 Å².